The maximum atomic E-state index is 5.98. The first kappa shape index (κ1) is 10.5. The Morgan fingerprint density at radius 1 is 1.47 bits per heavy atom. The average Bonchev–Trinajstić information content (AvgIpc) is 2.74. The largest absolute Gasteiger partial charge is 0.338 e. The molecule has 1 fully saturated rings. The molecule has 0 spiro atoms. The molecule has 1 saturated heterocycles. The number of rotatable bonds is 1. The second kappa shape index (κ2) is 4.00. The fourth-order valence-corrected chi connectivity index (χ4v) is 2.35. The molecule has 0 aliphatic carbocycles. The molecule has 1 atom stereocenters. The zero-order valence-electron chi connectivity index (χ0n) is 10.0. The minimum absolute atomic E-state index is 0.247. The Kier molecular flexibility index (Phi) is 2.48. The third-order valence-corrected chi connectivity index (χ3v) is 3.29. The lowest BCUT2D eigenvalue weighted by atomic mass is 10.1. The van der Waals surface area contributed by atoms with Crippen molar-refractivity contribution in [3.8, 4) is 0 Å². The van der Waals surface area contributed by atoms with Crippen molar-refractivity contribution in [3.05, 3.63) is 23.9 Å². The van der Waals surface area contributed by atoms with Gasteiger partial charge in [-0.3, -0.25) is 0 Å². The number of fused-ring (bicyclic) bond motifs is 1. The summed E-state index contributed by atoms with van der Waals surface area (Å²) in [6.07, 6.45) is 4.15. The summed E-state index contributed by atoms with van der Waals surface area (Å²) in [4.78, 5) is 6.77. The number of hydrogen-bond donors (Lipinski definition) is 1. The highest BCUT2D eigenvalue weighted by Crippen LogP contribution is 2.17. The predicted octanol–water partition coefficient (Wildman–Crippen LogP) is 0.965. The van der Waals surface area contributed by atoms with E-state index in [-0.39, 0.29) is 6.04 Å². The molecule has 0 radical (unpaired) electrons. The van der Waals surface area contributed by atoms with E-state index < -0.39 is 0 Å². The Hall–Kier alpha value is -1.62. The van der Waals surface area contributed by atoms with Gasteiger partial charge in [-0.2, -0.15) is 4.98 Å². The van der Waals surface area contributed by atoms with E-state index in [0.717, 1.165) is 43.1 Å². The summed E-state index contributed by atoms with van der Waals surface area (Å²) in [6.45, 7) is 3.91. The molecule has 3 rings (SSSR count). The Morgan fingerprint density at radius 2 is 2.35 bits per heavy atom. The summed E-state index contributed by atoms with van der Waals surface area (Å²) in [5.74, 6) is 0.800. The van der Waals surface area contributed by atoms with Gasteiger partial charge in [0.15, 0.2) is 5.65 Å². The molecule has 2 N–H and O–H groups in total. The van der Waals surface area contributed by atoms with Crippen LogP contribution in [0.15, 0.2) is 18.3 Å². The van der Waals surface area contributed by atoms with Crippen LogP contribution in [0.3, 0.4) is 0 Å². The first-order valence-electron chi connectivity index (χ1n) is 6.06. The minimum atomic E-state index is 0.247. The van der Waals surface area contributed by atoms with Gasteiger partial charge in [-0.05, 0) is 31.4 Å². The molecule has 5 heteroatoms. The van der Waals surface area contributed by atoms with E-state index in [1.54, 1.807) is 0 Å². The maximum Gasteiger partial charge on any atom is 0.245 e. The number of anilines is 1. The van der Waals surface area contributed by atoms with Crippen molar-refractivity contribution in [2.24, 2.45) is 5.73 Å². The van der Waals surface area contributed by atoms with Crippen LogP contribution in [-0.2, 0) is 0 Å². The highest BCUT2D eigenvalue weighted by molar-refractivity contribution is 5.50. The number of aromatic nitrogens is 3. The van der Waals surface area contributed by atoms with Crippen LogP contribution in [-0.4, -0.2) is 33.7 Å². The van der Waals surface area contributed by atoms with Crippen LogP contribution in [0.4, 0.5) is 5.95 Å². The van der Waals surface area contributed by atoms with Crippen molar-refractivity contribution in [2.45, 2.75) is 25.8 Å². The summed E-state index contributed by atoms with van der Waals surface area (Å²) in [5.41, 5.74) is 8.06. The first-order valence-corrected chi connectivity index (χ1v) is 6.06. The summed E-state index contributed by atoms with van der Waals surface area (Å²) < 4.78 is 1.84. The first-order chi connectivity index (χ1) is 8.24. The summed E-state index contributed by atoms with van der Waals surface area (Å²) >= 11 is 0. The Bertz CT molecular complexity index is 533. The van der Waals surface area contributed by atoms with E-state index >= 15 is 0 Å². The van der Waals surface area contributed by atoms with Crippen LogP contribution >= 0.6 is 0 Å². The summed E-state index contributed by atoms with van der Waals surface area (Å²) in [5, 5.41) is 4.51. The van der Waals surface area contributed by atoms with Gasteiger partial charge in [0, 0.05) is 25.3 Å². The van der Waals surface area contributed by atoms with Gasteiger partial charge in [-0.15, -0.1) is 5.10 Å². The van der Waals surface area contributed by atoms with Crippen LogP contribution in [0.1, 0.15) is 18.4 Å². The fourth-order valence-electron chi connectivity index (χ4n) is 2.35. The van der Waals surface area contributed by atoms with Crippen LogP contribution in [0, 0.1) is 6.92 Å². The lowest BCUT2D eigenvalue weighted by molar-refractivity contribution is 0.500. The molecule has 17 heavy (non-hydrogen) atoms. The number of aryl methyl sites for hydroxylation is 1. The van der Waals surface area contributed by atoms with Gasteiger partial charge in [0.1, 0.15) is 0 Å². The maximum absolute atomic E-state index is 5.98. The van der Waals surface area contributed by atoms with Gasteiger partial charge in [0.25, 0.3) is 0 Å². The molecular weight excluding hydrogens is 214 g/mol. The van der Waals surface area contributed by atoms with Gasteiger partial charge in [-0.25, -0.2) is 4.52 Å². The van der Waals surface area contributed by atoms with E-state index in [1.807, 2.05) is 16.8 Å². The zero-order valence-corrected chi connectivity index (χ0v) is 10.0. The molecule has 5 nitrogen and oxygen atoms in total. The van der Waals surface area contributed by atoms with Crippen LogP contribution in [0.25, 0.3) is 5.65 Å². The Balaban J connectivity index is 1.97. The topological polar surface area (TPSA) is 59.5 Å². The molecule has 0 aromatic carbocycles. The second-order valence-electron chi connectivity index (χ2n) is 4.72. The van der Waals surface area contributed by atoms with Crippen molar-refractivity contribution < 1.29 is 0 Å². The number of piperidine rings is 1. The monoisotopic (exact) mass is 231 g/mol. The zero-order chi connectivity index (χ0) is 11.8. The minimum Gasteiger partial charge on any atom is -0.338 e. The molecule has 2 aromatic rings. The fraction of sp³-hybridized carbons (Fsp3) is 0.500. The van der Waals surface area contributed by atoms with Crippen LogP contribution in [0.5, 0.6) is 0 Å². The third kappa shape index (κ3) is 1.86. The number of nitrogens with two attached hydrogens (primary N) is 1. The van der Waals surface area contributed by atoms with Crippen molar-refractivity contribution in [2.75, 3.05) is 18.0 Å². The van der Waals surface area contributed by atoms with E-state index in [2.05, 4.69) is 28.0 Å². The molecule has 0 bridgehead atoms. The van der Waals surface area contributed by atoms with Crippen molar-refractivity contribution in [1.82, 2.24) is 14.6 Å². The average molecular weight is 231 g/mol. The highest BCUT2D eigenvalue weighted by Gasteiger charge is 2.20. The molecule has 1 aliphatic heterocycles. The van der Waals surface area contributed by atoms with Gasteiger partial charge < -0.3 is 10.6 Å². The van der Waals surface area contributed by atoms with Crippen molar-refractivity contribution >= 4 is 11.6 Å². The lowest BCUT2D eigenvalue weighted by Gasteiger charge is -2.29. The number of nitrogens with zero attached hydrogens (tertiary/aromatic N) is 4. The molecule has 90 valence electrons. The van der Waals surface area contributed by atoms with E-state index in [4.69, 9.17) is 5.73 Å². The molecule has 3 heterocycles. The molecule has 2 aromatic heterocycles. The second-order valence-corrected chi connectivity index (χ2v) is 4.72. The SMILES string of the molecule is Cc1cccn2nc(N3CCCC(N)C3)nc12. The highest BCUT2D eigenvalue weighted by atomic mass is 15.4. The quantitative estimate of drug-likeness (QED) is 0.794. The summed E-state index contributed by atoms with van der Waals surface area (Å²) in [6, 6.07) is 4.29. The molecule has 1 aliphatic rings. The van der Waals surface area contributed by atoms with Crippen molar-refractivity contribution in [1.29, 1.82) is 0 Å². The molecule has 0 amide bonds. The number of pyridine rings is 1. The molecule has 1 unspecified atom stereocenters. The normalized spacial score (nSPS) is 21.1. The van der Waals surface area contributed by atoms with E-state index in [9.17, 15) is 0 Å². The molecule has 0 saturated carbocycles. The standard InChI is InChI=1S/C12H17N5/c1-9-4-2-7-17-11(9)14-12(15-17)16-6-3-5-10(13)8-16/h2,4,7,10H,3,5-6,8,13H2,1H3. The van der Waals surface area contributed by atoms with Crippen LogP contribution in [0.2, 0.25) is 0 Å². The Labute approximate surface area is 100 Å². The predicted molar refractivity (Wildman–Crippen MR) is 67.1 cm³/mol. The Morgan fingerprint density at radius 3 is 3.12 bits per heavy atom. The van der Waals surface area contributed by atoms with E-state index in [1.165, 1.54) is 0 Å². The third-order valence-electron chi connectivity index (χ3n) is 3.29. The van der Waals surface area contributed by atoms with Gasteiger partial charge in [-0.1, -0.05) is 6.07 Å². The van der Waals surface area contributed by atoms with Crippen LogP contribution < -0.4 is 10.6 Å². The molecular formula is C12H17N5. The smallest absolute Gasteiger partial charge is 0.245 e. The lowest BCUT2D eigenvalue weighted by Crippen LogP contribution is -2.43. The summed E-state index contributed by atoms with van der Waals surface area (Å²) in [7, 11) is 0. The van der Waals surface area contributed by atoms with E-state index in [0.29, 0.717) is 0 Å². The van der Waals surface area contributed by atoms with Gasteiger partial charge in [0.2, 0.25) is 5.95 Å². The van der Waals surface area contributed by atoms with Gasteiger partial charge in [0.05, 0.1) is 0 Å². The van der Waals surface area contributed by atoms with Gasteiger partial charge >= 0.3 is 0 Å². The van der Waals surface area contributed by atoms with Crippen molar-refractivity contribution in [3.63, 3.8) is 0 Å². The number of hydrogen-bond acceptors (Lipinski definition) is 4.